The van der Waals surface area contributed by atoms with E-state index >= 15 is 0 Å². The maximum atomic E-state index is 13.4. The number of carbonyl (C=O) groups excluding carboxylic acids is 1. The van der Waals surface area contributed by atoms with Crippen molar-refractivity contribution in [2.75, 3.05) is 11.5 Å². The van der Waals surface area contributed by atoms with Crippen LogP contribution in [0.15, 0.2) is 46.8 Å². The highest BCUT2D eigenvalue weighted by Gasteiger charge is 2.36. The largest absolute Gasteiger partial charge is 0.494 e. The Labute approximate surface area is 173 Å². The van der Waals surface area contributed by atoms with Crippen molar-refractivity contribution >= 4 is 38.7 Å². The second-order valence-corrected chi connectivity index (χ2v) is 8.53. The predicted molar refractivity (Wildman–Crippen MR) is 117 cm³/mol. The van der Waals surface area contributed by atoms with Gasteiger partial charge in [0, 0.05) is 5.56 Å². The van der Waals surface area contributed by atoms with Gasteiger partial charge in [-0.1, -0.05) is 6.08 Å². The average Bonchev–Trinajstić information content (AvgIpc) is 3.14. The van der Waals surface area contributed by atoms with Gasteiger partial charge in [0.1, 0.15) is 17.1 Å². The minimum Gasteiger partial charge on any atom is -0.494 e. The van der Waals surface area contributed by atoms with E-state index < -0.39 is 5.54 Å². The van der Waals surface area contributed by atoms with E-state index in [1.807, 2.05) is 51.3 Å². The number of ether oxygens (including phenoxy) is 1. The van der Waals surface area contributed by atoms with Crippen LogP contribution in [0.5, 0.6) is 5.75 Å². The lowest BCUT2D eigenvalue weighted by atomic mass is 9.88. The molecule has 0 unspecified atom stereocenters. The zero-order valence-corrected chi connectivity index (χ0v) is 17.7. The molecule has 0 saturated carbocycles. The molecule has 0 bridgehead atoms. The van der Waals surface area contributed by atoms with E-state index in [2.05, 4.69) is 11.1 Å². The Hall–Kier alpha value is -2.93. The van der Waals surface area contributed by atoms with Gasteiger partial charge in [-0.2, -0.15) is 0 Å². The van der Waals surface area contributed by atoms with Crippen molar-refractivity contribution in [1.29, 1.82) is 0 Å². The molecule has 1 aliphatic heterocycles. The molecule has 7 heteroatoms. The van der Waals surface area contributed by atoms with Crippen molar-refractivity contribution in [1.82, 2.24) is 9.55 Å². The fraction of sp³-hybridized carbons (Fsp3) is 0.318. The van der Waals surface area contributed by atoms with Crippen molar-refractivity contribution in [3.05, 3.63) is 58.0 Å². The summed E-state index contributed by atoms with van der Waals surface area (Å²) in [5.41, 5.74) is 2.15. The number of hydrogen-bond acceptors (Lipinski definition) is 5. The Bertz CT molecular complexity index is 1190. The van der Waals surface area contributed by atoms with Crippen molar-refractivity contribution in [2.24, 2.45) is 0 Å². The maximum absolute atomic E-state index is 13.4. The second-order valence-electron chi connectivity index (χ2n) is 7.64. The van der Waals surface area contributed by atoms with Crippen LogP contribution in [-0.2, 0) is 11.3 Å². The molecular weight excluding hydrogens is 386 g/mol. The first kappa shape index (κ1) is 19.4. The number of anilines is 1. The van der Waals surface area contributed by atoms with E-state index in [9.17, 15) is 9.59 Å². The number of aromatic nitrogens is 2. The van der Waals surface area contributed by atoms with E-state index in [0.717, 1.165) is 22.6 Å². The molecule has 0 fully saturated rings. The summed E-state index contributed by atoms with van der Waals surface area (Å²) >= 11 is 1.41. The summed E-state index contributed by atoms with van der Waals surface area (Å²) in [5, 5.41) is 2.37. The van der Waals surface area contributed by atoms with Crippen molar-refractivity contribution < 1.29 is 9.53 Å². The molecule has 0 spiro atoms. The molecule has 1 amide bonds. The predicted octanol–water partition coefficient (Wildman–Crippen LogP) is 4.09. The molecule has 0 saturated heterocycles. The summed E-state index contributed by atoms with van der Waals surface area (Å²) in [6.45, 7) is 8.49. The normalized spacial score (nSPS) is 15.2. The molecule has 0 N–H and O–H groups in total. The lowest BCUT2D eigenvalue weighted by molar-refractivity contribution is -0.120. The Morgan fingerprint density at radius 2 is 2.07 bits per heavy atom. The van der Waals surface area contributed by atoms with Crippen LogP contribution in [0.1, 0.15) is 33.3 Å². The van der Waals surface area contributed by atoms with Crippen molar-refractivity contribution in [3.63, 3.8) is 0 Å². The summed E-state index contributed by atoms with van der Waals surface area (Å²) < 4.78 is 7.01. The van der Waals surface area contributed by atoms with Crippen LogP contribution in [0.25, 0.3) is 15.8 Å². The number of hydrogen-bond donors (Lipinski definition) is 0. The molecule has 2 aromatic heterocycles. The maximum Gasteiger partial charge on any atom is 0.262 e. The fourth-order valence-corrected chi connectivity index (χ4v) is 4.67. The lowest BCUT2D eigenvalue weighted by Crippen LogP contribution is -2.50. The summed E-state index contributed by atoms with van der Waals surface area (Å²) in [4.78, 5) is 32.8. The Morgan fingerprint density at radius 1 is 1.28 bits per heavy atom. The van der Waals surface area contributed by atoms with E-state index in [0.29, 0.717) is 16.8 Å². The van der Waals surface area contributed by atoms with Gasteiger partial charge in [0.05, 0.1) is 29.5 Å². The van der Waals surface area contributed by atoms with Crippen LogP contribution in [0, 0.1) is 0 Å². The first-order valence-electron chi connectivity index (χ1n) is 9.54. The molecule has 4 rings (SSSR count). The molecule has 0 atom stereocenters. The quantitative estimate of drug-likeness (QED) is 0.651. The van der Waals surface area contributed by atoms with Gasteiger partial charge in [0.15, 0.2) is 0 Å². The molecule has 3 aromatic rings. The highest BCUT2D eigenvalue weighted by molar-refractivity contribution is 7.16. The third kappa shape index (κ3) is 3.35. The number of fused-ring (bicyclic) bond motifs is 2. The van der Waals surface area contributed by atoms with E-state index in [-0.39, 0.29) is 18.0 Å². The number of benzene rings is 1. The number of allylic oxidation sites excluding steroid dienone is 1. The average molecular weight is 410 g/mol. The summed E-state index contributed by atoms with van der Waals surface area (Å²) in [5.74, 6) is 0.608. The van der Waals surface area contributed by atoms with Gasteiger partial charge in [0.2, 0.25) is 5.91 Å². The number of nitrogens with zero attached hydrogens (tertiary/aromatic N) is 3. The number of thiophene rings is 1. The topological polar surface area (TPSA) is 64.4 Å². The van der Waals surface area contributed by atoms with E-state index in [1.54, 1.807) is 11.0 Å². The van der Waals surface area contributed by atoms with E-state index in [4.69, 9.17) is 4.74 Å². The van der Waals surface area contributed by atoms with Crippen LogP contribution in [0.3, 0.4) is 0 Å². The monoisotopic (exact) mass is 409 g/mol. The van der Waals surface area contributed by atoms with Crippen LogP contribution in [-0.4, -0.2) is 27.6 Å². The highest BCUT2D eigenvalue weighted by atomic mass is 32.1. The van der Waals surface area contributed by atoms with Gasteiger partial charge < -0.3 is 9.64 Å². The molecule has 3 heterocycles. The number of carbonyl (C=O) groups is 1. The van der Waals surface area contributed by atoms with Crippen molar-refractivity contribution in [2.45, 2.75) is 39.8 Å². The molecule has 1 aromatic carbocycles. The Morgan fingerprint density at radius 3 is 2.83 bits per heavy atom. The molecule has 0 aliphatic carbocycles. The third-order valence-corrected chi connectivity index (χ3v) is 5.92. The lowest BCUT2D eigenvalue weighted by Gasteiger charge is -2.41. The Kier molecular flexibility index (Phi) is 4.78. The SMILES string of the molecule is CCOc1ccc2c(c1)C(C)=CC(C)(C)N2C(=O)Cn1cnc2sccc2c1=O. The zero-order valence-electron chi connectivity index (χ0n) is 16.9. The molecule has 1 aliphatic rings. The molecular formula is C22H23N3O3S. The van der Waals surface area contributed by atoms with Crippen LogP contribution in [0.4, 0.5) is 5.69 Å². The first-order chi connectivity index (χ1) is 13.8. The first-order valence-corrected chi connectivity index (χ1v) is 10.4. The summed E-state index contributed by atoms with van der Waals surface area (Å²) in [7, 11) is 0. The van der Waals surface area contributed by atoms with Crippen LogP contribution >= 0.6 is 11.3 Å². The van der Waals surface area contributed by atoms with Gasteiger partial charge in [-0.05, 0) is 62.9 Å². The van der Waals surface area contributed by atoms with E-state index in [1.165, 1.54) is 22.2 Å². The van der Waals surface area contributed by atoms with Gasteiger partial charge in [-0.25, -0.2) is 4.98 Å². The third-order valence-electron chi connectivity index (χ3n) is 5.10. The second kappa shape index (κ2) is 7.15. The highest BCUT2D eigenvalue weighted by Crippen LogP contribution is 2.40. The number of rotatable bonds is 4. The fourth-order valence-electron chi connectivity index (χ4n) is 3.94. The summed E-state index contributed by atoms with van der Waals surface area (Å²) in [6.07, 6.45) is 3.53. The smallest absolute Gasteiger partial charge is 0.262 e. The van der Waals surface area contributed by atoms with Crippen LogP contribution < -0.4 is 15.2 Å². The minimum atomic E-state index is -0.523. The summed E-state index contributed by atoms with van der Waals surface area (Å²) in [6, 6.07) is 7.51. The minimum absolute atomic E-state index is 0.0689. The van der Waals surface area contributed by atoms with Gasteiger partial charge >= 0.3 is 0 Å². The molecule has 6 nitrogen and oxygen atoms in total. The van der Waals surface area contributed by atoms with Crippen molar-refractivity contribution in [3.8, 4) is 5.75 Å². The van der Waals surface area contributed by atoms with Crippen LogP contribution in [0.2, 0.25) is 0 Å². The van der Waals surface area contributed by atoms with Gasteiger partial charge in [-0.15, -0.1) is 11.3 Å². The zero-order chi connectivity index (χ0) is 20.8. The van der Waals surface area contributed by atoms with Gasteiger partial charge in [-0.3, -0.25) is 14.2 Å². The standard InChI is InChI=1S/C22H23N3O3S/c1-5-28-15-6-7-18-17(10-15)14(2)11-22(3,4)25(18)19(26)12-24-13-23-20-16(21(24)27)8-9-29-20/h6-11,13H,5,12H2,1-4H3. The number of amides is 1. The molecule has 0 radical (unpaired) electrons. The molecule has 150 valence electrons. The van der Waals surface area contributed by atoms with Gasteiger partial charge in [0.25, 0.3) is 5.56 Å². The molecule has 29 heavy (non-hydrogen) atoms. The Balaban J connectivity index is 1.73.